The van der Waals surface area contributed by atoms with Crippen LogP contribution >= 0.6 is 11.8 Å². The summed E-state index contributed by atoms with van der Waals surface area (Å²) in [7, 11) is 0. The summed E-state index contributed by atoms with van der Waals surface area (Å²) in [4.78, 5) is 52.9. The van der Waals surface area contributed by atoms with E-state index in [0.717, 1.165) is 5.56 Å². The minimum Gasteiger partial charge on any atom is -0.480 e. The molecule has 3 rings (SSSR count). The molecule has 9 heteroatoms. The first-order chi connectivity index (χ1) is 15.3. The van der Waals surface area contributed by atoms with Crippen molar-refractivity contribution in [2.75, 3.05) is 0 Å². The number of carboxylic acid groups (broad SMARTS) is 1. The molecule has 8 nitrogen and oxygen atoms in total. The Morgan fingerprint density at radius 2 is 1.76 bits per heavy atom. The van der Waals surface area contributed by atoms with Gasteiger partial charge in [0.25, 0.3) is 5.91 Å². The van der Waals surface area contributed by atoms with Gasteiger partial charge in [-0.1, -0.05) is 45.9 Å². The summed E-state index contributed by atoms with van der Waals surface area (Å²) < 4.78 is -0.571. The second-order valence-corrected chi connectivity index (χ2v) is 11.8. The summed E-state index contributed by atoms with van der Waals surface area (Å²) in [6.07, 6.45) is 0.347. The van der Waals surface area contributed by atoms with Crippen LogP contribution in [0.2, 0.25) is 0 Å². The SMILES string of the molecule is CC(C)C[C@H](NC(=O)[C@@H]1N2C(=O)c3ccccc3[C@H]2SC1(C)C)C(=O)N[C@H](C(=O)O)C(C)C. The molecule has 0 spiro atoms. The third kappa shape index (κ3) is 4.88. The van der Waals surface area contributed by atoms with E-state index in [1.54, 1.807) is 42.6 Å². The zero-order valence-corrected chi connectivity index (χ0v) is 20.7. The summed E-state index contributed by atoms with van der Waals surface area (Å²) in [5.41, 5.74) is 1.49. The standard InChI is InChI=1S/C24H33N3O5S/c1-12(2)11-16(19(28)26-17(13(3)4)23(31)32)25-20(29)18-24(5,6)33-22-15-10-8-7-9-14(15)21(30)27(18)22/h7-10,12-13,16-18,22H,11H2,1-6H3,(H,25,29)(H,26,28)(H,31,32)/t16-,17-,18-,22+/m0/s1. The molecule has 3 N–H and O–H groups in total. The van der Waals surface area contributed by atoms with Crippen LogP contribution in [-0.2, 0) is 14.4 Å². The number of amides is 3. The Labute approximate surface area is 198 Å². The molecule has 1 aromatic carbocycles. The Morgan fingerprint density at radius 3 is 2.33 bits per heavy atom. The molecule has 1 fully saturated rings. The average molecular weight is 476 g/mol. The van der Waals surface area contributed by atoms with E-state index in [-0.39, 0.29) is 23.1 Å². The smallest absolute Gasteiger partial charge is 0.326 e. The van der Waals surface area contributed by atoms with Crippen LogP contribution in [0, 0.1) is 11.8 Å². The third-order valence-electron chi connectivity index (χ3n) is 6.12. The maximum atomic E-state index is 13.5. The fraction of sp³-hybridized carbons (Fsp3) is 0.583. The Morgan fingerprint density at radius 1 is 1.12 bits per heavy atom. The molecular formula is C24H33N3O5S. The fourth-order valence-corrected chi connectivity index (χ4v) is 6.11. The molecule has 1 aromatic rings. The quantitative estimate of drug-likeness (QED) is 0.533. The lowest BCUT2D eigenvalue weighted by molar-refractivity contribution is -0.143. The van der Waals surface area contributed by atoms with Crippen molar-refractivity contribution >= 4 is 35.5 Å². The summed E-state index contributed by atoms with van der Waals surface area (Å²) in [5, 5.41) is 14.6. The number of thioether (sulfide) groups is 1. The van der Waals surface area contributed by atoms with E-state index in [1.807, 2.05) is 39.8 Å². The highest BCUT2D eigenvalue weighted by atomic mass is 32.2. The van der Waals surface area contributed by atoms with Gasteiger partial charge in [0.2, 0.25) is 11.8 Å². The van der Waals surface area contributed by atoms with E-state index in [1.165, 1.54) is 0 Å². The van der Waals surface area contributed by atoms with Crippen LogP contribution in [0.15, 0.2) is 24.3 Å². The number of carboxylic acids is 1. The zero-order valence-electron chi connectivity index (χ0n) is 19.9. The van der Waals surface area contributed by atoms with E-state index in [2.05, 4.69) is 10.6 Å². The van der Waals surface area contributed by atoms with E-state index < -0.39 is 40.7 Å². The van der Waals surface area contributed by atoms with Crippen molar-refractivity contribution in [2.24, 2.45) is 11.8 Å². The van der Waals surface area contributed by atoms with Crippen LogP contribution in [0.25, 0.3) is 0 Å². The first-order valence-corrected chi connectivity index (χ1v) is 12.2. The molecule has 0 saturated carbocycles. The van der Waals surface area contributed by atoms with Crippen molar-refractivity contribution in [1.82, 2.24) is 15.5 Å². The van der Waals surface area contributed by atoms with Crippen molar-refractivity contribution in [2.45, 2.75) is 76.2 Å². The average Bonchev–Trinajstić information content (AvgIpc) is 3.14. The Kier molecular flexibility index (Phi) is 7.12. The number of nitrogens with one attached hydrogen (secondary N) is 2. The second-order valence-electron chi connectivity index (χ2n) is 10.0. The lowest BCUT2D eigenvalue weighted by atomic mass is 9.97. The molecule has 0 aromatic heterocycles. The minimum absolute atomic E-state index is 0.0831. The number of hydrogen-bond acceptors (Lipinski definition) is 5. The van der Waals surface area contributed by atoms with Gasteiger partial charge in [-0.05, 0) is 43.7 Å². The summed E-state index contributed by atoms with van der Waals surface area (Å²) >= 11 is 1.56. The first-order valence-electron chi connectivity index (χ1n) is 11.3. The number of hydrogen-bond donors (Lipinski definition) is 3. The molecule has 33 heavy (non-hydrogen) atoms. The predicted octanol–water partition coefficient (Wildman–Crippen LogP) is 2.79. The molecule has 180 valence electrons. The number of benzene rings is 1. The molecule has 2 heterocycles. The molecular weight excluding hydrogens is 442 g/mol. The summed E-state index contributed by atoms with van der Waals surface area (Å²) in [6.45, 7) is 11.1. The van der Waals surface area contributed by atoms with Gasteiger partial charge < -0.3 is 20.6 Å². The van der Waals surface area contributed by atoms with Gasteiger partial charge in [-0.15, -0.1) is 11.8 Å². The lowest BCUT2D eigenvalue weighted by Crippen LogP contribution is -2.58. The van der Waals surface area contributed by atoms with Gasteiger partial charge in [-0.2, -0.15) is 0 Å². The van der Waals surface area contributed by atoms with Gasteiger partial charge in [0.1, 0.15) is 23.5 Å². The lowest BCUT2D eigenvalue weighted by Gasteiger charge is -2.32. The topological polar surface area (TPSA) is 116 Å². The van der Waals surface area contributed by atoms with Crippen LogP contribution < -0.4 is 10.6 Å². The molecule has 1 saturated heterocycles. The van der Waals surface area contributed by atoms with Crippen LogP contribution in [-0.4, -0.2) is 56.6 Å². The van der Waals surface area contributed by atoms with Crippen molar-refractivity contribution < 1.29 is 24.3 Å². The molecule has 2 aliphatic rings. The predicted molar refractivity (Wildman–Crippen MR) is 127 cm³/mol. The first kappa shape index (κ1) is 25.1. The van der Waals surface area contributed by atoms with Gasteiger partial charge in [0, 0.05) is 10.3 Å². The van der Waals surface area contributed by atoms with Crippen molar-refractivity contribution in [3.05, 3.63) is 35.4 Å². The number of aliphatic carboxylic acids is 1. The van der Waals surface area contributed by atoms with Crippen molar-refractivity contribution in [3.63, 3.8) is 0 Å². The molecule has 0 unspecified atom stereocenters. The maximum Gasteiger partial charge on any atom is 0.326 e. The highest BCUT2D eigenvalue weighted by Gasteiger charge is 2.57. The van der Waals surface area contributed by atoms with Gasteiger partial charge in [-0.3, -0.25) is 14.4 Å². The highest BCUT2D eigenvalue weighted by molar-refractivity contribution is 8.01. The van der Waals surface area contributed by atoms with Gasteiger partial charge in [0.15, 0.2) is 0 Å². The minimum atomic E-state index is -1.12. The van der Waals surface area contributed by atoms with Crippen LogP contribution in [0.1, 0.15) is 69.3 Å². The summed E-state index contributed by atoms with van der Waals surface area (Å²) in [6, 6.07) is 4.64. The van der Waals surface area contributed by atoms with Crippen LogP contribution in [0.4, 0.5) is 0 Å². The largest absolute Gasteiger partial charge is 0.480 e. The molecule has 2 aliphatic heterocycles. The van der Waals surface area contributed by atoms with Gasteiger partial charge in [0.05, 0.1) is 0 Å². The molecule has 0 radical (unpaired) electrons. The Balaban J connectivity index is 1.84. The van der Waals surface area contributed by atoms with E-state index in [4.69, 9.17) is 0 Å². The van der Waals surface area contributed by atoms with Crippen LogP contribution in [0.5, 0.6) is 0 Å². The van der Waals surface area contributed by atoms with Gasteiger partial charge in [-0.25, -0.2) is 4.79 Å². The fourth-order valence-electron chi connectivity index (χ4n) is 4.53. The third-order valence-corrected chi connectivity index (χ3v) is 7.65. The molecule has 3 amide bonds. The van der Waals surface area contributed by atoms with Gasteiger partial charge >= 0.3 is 5.97 Å². The number of fused-ring (bicyclic) bond motifs is 3. The molecule has 4 atom stereocenters. The zero-order chi connectivity index (χ0) is 24.7. The van der Waals surface area contributed by atoms with Crippen molar-refractivity contribution in [3.8, 4) is 0 Å². The Hall–Kier alpha value is -2.55. The van der Waals surface area contributed by atoms with Crippen molar-refractivity contribution in [1.29, 1.82) is 0 Å². The molecule has 0 aliphatic carbocycles. The van der Waals surface area contributed by atoms with E-state index in [9.17, 15) is 24.3 Å². The van der Waals surface area contributed by atoms with Crippen LogP contribution in [0.3, 0.4) is 0 Å². The monoisotopic (exact) mass is 475 g/mol. The maximum absolute atomic E-state index is 13.5. The van der Waals surface area contributed by atoms with E-state index in [0.29, 0.717) is 12.0 Å². The number of rotatable bonds is 8. The van der Waals surface area contributed by atoms with E-state index >= 15 is 0 Å². The normalized spacial score (nSPS) is 22.7. The summed E-state index contributed by atoms with van der Waals surface area (Å²) in [5.74, 6) is -2.48. The Bertz CT molecular complexity index is 961. The second kappa shape index (κ2) is 9.37. The number of nitrogens with zero attached hydrogens (tertiary/aromatic N) is 1. The highest BCUT2D eigenvalue weighted by Crippen LogP contribution is 2.56. The molecule has 0 bridgehead atoms. The number of carbonyl (C=O) groups excluding carboxylic acids is 3. The number of carbonyl (C=O) groups is 4.